The first-order chi connectivity index (χ1) is 9.58. The van der Waals surface area contributed by atoms with Crippen LogP contribution in [0.2, 0.25) is 0 Å². The average molecular weight is 278 g/mol. The number of aromatic nitrogens is 2. The Bertz CT molecular complexity index is 460. The summed E-state index contributed by atoms with van der Waals surface area (Å²) < 4.78 is 0. The van der Waals surface area contributed by atoms with Crippen LogP contribution in [0.15, 0.2) is 0 Å². The number of H-pyrrole nitrogens is 1. The molecule has 20 heavy (non-hydrogen) atoms. The summed E-state index contributed by atoms with van der Waals surface area (Å²) in [6.07, 6.45) is 6.62. The molecule has 0 spiro atoms. The quantitative estimate of drug-likeness (QED) is 0.889. The molecule has 1 fully saturated rings. The lowest BCUT2D eigenvalue weighted by Gasteiger charge is -2.34. The van der Waals surface area contributed by atoms with Gasteiger partial charge in [0.15, 0.2) is 5.69 Å². The topological polar surface area (TPSA) is 75.0 Å². The summed E-state index contributed by atoms with van der Waals surface area (Å²) >= 11 is 0. The first kappa shape index (κ1) is 14.9. The largest absolute Gasteiger partial charge is 0.395 e. The van der Waals surface area contributed by atoms with Crippen molar-refractivity contribution < 1.29 is 4.79 Å². The third-order valence-electron chi connectivity index (χ3n) is 4.70. The van der Waals surface area contributed by atoms with Gasteiger partial charge in [-0.2, -0.15) is 5.10 Å². The monoisotopic (exact) mass is 278 g/mol. The highest BCUT2D eigenvalue weighted by Crippen LogP contribution is 2.30. The SMILES string of the molecule is CCc1[nH]nc(C(=O)N(C)C2CCC(CC)CC2)c1N. The number of hydrogen-bond acceptors (Lipinski definition) is 3. The van der Waals surface area contributed by atoms with Crippen molar-refractivity contribution in [2.75, 3.05) is 12.8 Å². The fourth-order valence-corrected chi connectivity index (χ4v) is 3.09. The Morgan fingerprint density at radius 1 is 1.35 bits per heavy atom. The summed E-state index contributed by atoms with van der Waals surface area (Å²) in [6, 6.07) is 0.325. The normalized spacial score (nSPS) is 22.8. The summed E-state index contributed by atoms with van der Waals surface area (Å²) in [5, 5.41) is 6.95. The molecular formula is C15H26N4O. The zero-order chi connectivity index (χ0) is 14.7. The average Bonchev–Trinajstić information content (AvgIpc) is 2.86. The number of hydrogen-bond donors (Lipinski definition) is 2. The van der Waals surface area contributed by atoms with Crippen molar-refractivity contribution in [1.82, 2.24) is 15.1 Å². The molecule has 1 aliphatic carbocycles. The number of aromatic amines is 1. The lowest BCUT2D eigenvalue weighted by atomic mass is 9.84. The van der Waals surface area contributed by atoms with Crippen molar-refractivity contribution in [1.29, 1.82) is 0 Å². The van der Waals surface area contributed by atoms with E-state index in [0.29, 0.717) is 17.4 Å². The lowest BCUT2D eigenvalue weighted by molar-refractivity contribution is 0.0670. The fraction of sp³-hybridized carbons (Fsp3) is 0.733. The van der Waals surface area contributed by atoms with Gasteiger partial charge in [0, 0.05) is 13.1 Å². The van der Waals surface area contributed by atoms with E-state index < -0.39 is 0 Å². The summed E-state index contributed by atoms with van der Waals surface area (Å²) in [7, 11) is 1.87. The molecule has 3 N–H and O–H groups in total. The summed E-state index contributed by atoms with van der Waals surface area (Å²) in [6.45, 7) is 4.24. The van der Waals surface area contributed by atoms with Crippen LogP contribution in [0.3, 0.4) is 0 Å². The van der Waals surface area contributed by atoms with Gasteiger partial charge < -0.3 is 10.6 Å². The third-order valence-corrected chi connectivity index (χ3v) is 4.70. The van der Waals surface area contributed by atoms with Gasteiger partial charge in [0.1, 0.15) is 0 Å². The van der Waals surface area contributed by atoms with E-state index in [1.165, 1.54) is 19.3 Å². The molecule has 1 amide bonds. The maximum atomic E-state index is 12.5. The van der Waals surface area contributed by atoms with Crippen molar-refractivity contribution in [3.63, 3.8) is 0 Å². The highest BCUT2D eigenvalue weighted by atomic mass is 16.2. The van der Waals surface area contributed by atoms with Crippen LogP contribution in [0.1, 0.15) is 62.1 Å². The zero-order valence-electron chi connectivity index (χ0n) is 12.8. The van der Waals surface area contributed by atoms with Crippen molar-refractivity contribution in [2.24, 2.45) is 5.92 Å². The third kappa shape index (κ3) is 2.81. The van der Waals surface area contributed by atoms with Crippen molar-refractivity contribution in [2.45, 2.75) is 58.4 Å². The molecule has 1 saturated carbocycles. The molecule has 0 aromatic carbocycles. The van der Waals surface area contributed by atoms with Gasteiger partial charge in [-0.05, 0) is 38.0 Å². The Morgan fingerprint density at radius 3 is 2.50 bits per heavy atom. The van der Waals surface area contributed by atoms with E-state index in [0.717, 1.165) is 30.9 Å². The number of anilines is 1. The van der Waals surface area contributed by atoms with Crippen LogP contribution >= 0.6 is 0 Å². The van der Waals surface area contributed by atoms with Crippen LogP contribution < -0.4 is 5.73 Å². The molecule has 2 rings (SSSR count). The minimum Gasteiger partial charge on any atom is -0.395 e. The van der Waals surface area contributed by atoms with Gasteiger partial charge in [-0.15, -0.1) is 0 Å². The van der Waals surface area contributed by atoms with Crippen LogP contribution in [0.25, 0.3) is 0 Å². The van der Waals surface area contributed by atoms with E-state index in [1.54, 1.807) is 0 Å². The van der Waals surface area contributed by atoms with Crippen molar-refractivity contribution in [3.05, 3.63) is 11.4 Å². The first-order valence-electron chi connectivity index (χ1n) is 7.68. The maximum Gasteiger partial charge on any atom is 0.276 e. The molecule has 5 heteroatoms. The molecule has 1 heterocycles. The van der Waals surface area contributed by atoms with Crippen LogP contribution in [-0.2, 0) is 6.42 Å². The number of amides is 1. The number of nitrogens with zero attached hydrogens (tertiary/aromatic N) is 2. The van der Waals surface area contributed by atoms with E-state index in [4.69, 9.17) is 5.73 Å². The van der Waals surface area contributed by atoms with Gasteiger partial charge >= 0.3 is 0 Å². The predicted molar refractivity (Wildman–Crippen MR) is 80.5 cm³/mol. The highest BCUT2D eigenvalue weighted by molar-refractivity contribution is 5.97. The predicted octanol–water partition coefficient (Wildman–Crippen LogP) is 2.60. The summed E-state index contributed by atoms with van der Waals surface area (Å²) in [5.41, 5.74) is 7.71. The first-order valence-corrected chi connectivity index (χ1v) is 7.68. The molecule has 112 valence electrons. The Morgan fingerprint density at radius 2 is 2.00 bits per heavy atom. The van der Waals surface area contributed by atoms with Gasteiger partial charge in [0.05, 0.1) is 11.4 Å². The summed E-state index contributed by atoms with van der Waals surface area (Å²) in [4.78, 5) is 14.3. The van der Waals surface area contributed by atoms with E-state index >= 15 is 0 Å². The molecule has 0 unspecified atom stereocenters. The molecule has 0 saturated heterocycles. The Hall–Kier alpha value is -1.52. The zero-order valence-corrected chi connectivity index (χ0v) is 12.8. The van der Waals surface area contributed by atoms with Gasteiger partial charge in [0.2, 0.25) is 0 Å². The van der Waals surface area contributed by atoms with Gasteiger partial charge in [-0.3, -0.25) is 9.89 Å². The molecule has 1 aromatic heterocycles. The van der Waals surface area contributed by atoms with E-state index in [2.05, 4.69) is 17.1 Å². The Labute approximate surface area is 120 Å². The molecule has 1 aromatic rings. The molecule has 0 atom stereocenters. The number of carbonyl (C=O) groups is 1. The standard InChI is InChI=1S/C15H26N4O/c1-4-10-6-8-11(9-7-10)19(3)15(20)14-13(16)12(5-2)17-18-14/h10-11H,4-9,16H2,1-3H3,(H,17,18). The van der Waals surface area contributed by atoms with Crippen LogP contribution in [0, 0.1) is 5.92 Å². The molecular weight excluding hydrogens is 252 g/mol. The van der Waals surface area contributed by atoms with Crippen LogP contribution in [-0.4, -0.2) is 34.1 Å². The second kappa shape index (κ2) is 6.29. The number of nitrogen functional groups attached to an aromatic ring is 1. The molecule has 5 nitrogen and oxygen atoms in total. The van der Waals surface area contributed by atoms with Crippen LogP contribution in [0.4, 0.5) is 5.69 Å². The lowest BCUT2D eigenvalue weighted by Crippen LogP contribution is -2.39. The number of aryl methyl sites for hydroxylation is 1. The van der Waals surface area contributed by atoms with Crippen LogP contribution in [0.5, 0.6) is 0 Å². The van der Waals surface area contributed by atoms with Crippen molar-refractivity contribution >= 4 is 11.6 Å². The second-order valence-corrected chi connectivity index (χ2v) is 5.82. The highest BCUT2D eigenvalue weighted by Gasteiger charge is 2.28. The Kier molecular flexibility index (Phi) is 4.68. The summed E-state index contributed by atoms with van der Waals surface area (Å²) in [5.74, 6) is 0.773. The molecule has 0 aliphatic heterocycles. The second-order valence-electron chi connectivity index (χ2n) is 5.82. The van der Waals surface area contributed by atoms with E-state index in [1.807, 2.05) is 18.9 Å². The van der Waals surface area contributed by atoms with Gasteiger partial charge in [-0.1, -0.05) is 20.3 Å². The number of nitrogens with one attached hydrogen (secondary N) is 1. The maximum absolute atomic E-state index is 12.5. The van der Waals surface area contributed by atoms with Crippen molar-refractivity contribution in [3.8, 4) is 0 Å². The molecule has 0 radical (unpaired) electrons. The van der Waals surface area contributed by atoms with E-state index in [9.17, 15) is 4.79 Å². The number of rotatable bonds is 4. The van der Waals surface area contributed by atoms with Gasteiger partial charge in [0.25, 0.3) is 5.91 Å². The molecule has 0 bridgehead atoms. The minimum absolute atomic E-state index is 0.0570. The van der Waals surface area contributed by atoms with Gasteiger partial charge in [-0.25, -0.2) is 0 Å². The Balaban J connectivity index is 2.03. The number of carbonyl (C=O) groups excluding carboxylic acids is 1. The number of nitrogens with two attached hydrogens (primary N) is 1. The minimum atomic E-state index is -0.0570. The molecule has 1 aliphatic rings. The fourth-order valence-electron chi connectivity index (χ4n) is 3.09. The van der Waals surface area contributed by atoms with E-state index in [-0.39, 0.29) is 5.91 Å². The smallest absolute Gasteiger partial charge is 0.276 e.